The number of β-amino-alcohol motifs (C(OH)–C–C–N with tert-alkyl or cyclic N) is 1. The maximum absolute atomic E-state index is 13.4. The Hall–Kier alpha value is -3.57. The number of nitrogens with zero attached hydrogens (tertiary/aromatic N) is 2. The van der Waals surface area contributed by atoms with Gasteiger partial charge in [-0.1, -0.05) is 19.1 Å². The van der Waals surface area contributed by atoms with E-state index in [1.165, 1.54) is 0 Å². The van der Waals surface area contributed by atoms with Gasteiger partial charge in [0.25, 0.3) is 0 Å². The van der Waals surface area contributed by atoms with E-state index in [1.54, 1.807) is 0 Å². The molecule has 35 heavy (non-hydrogen) atoms. The number of hydrogen-bond donors (Lipinski definition) is 4. The number of nitro groups is 1. The van der Waals surface area contributed by atoms with Crippen molar-refractivity contribution in [1.29, 1.82) is 0 Å². The summed E-state index contributed by atoms with van der Waals surface area (Å²) in [6, 6.07) is 10.7. The number of amides is 1. The number of rotatable bonds is 11. The van der Waals surface area contributed by atoms with Crippen molar-refractivity contribution >= 4 is 23.0 Å². The second-order valence-corrected chi connectivity index (χ2v) is 9.17. The molecule has 2 aromatic carbocycles. The van der Waals surface area contributed by atoms with Gasteiger partial charge in [-0.3, -0.25) is 14.9 Å². The third kappa shape index (κ3) is 7.46. The van der Waals surface area contributed by atoms with Gasteiger partial charge in [-0.2, -0.15) is 5.10 Å². The van der Waals surface area contributed by atoms with Crippen molar-refractivity contribution in [3.05, 3.63) is 64.0 Å². The average molecular weight is 488 g/mol. The maximum atomic E-state index is 13.4. The summed E-state index contributed by atoms with van der Waals surface area (Å²) >= 11 is 0. The number of carbonyl (C=O) groups is 1. The number of benzene rings is 2. The Bertz CT molecular complexity index is 1090. The van der Waals surface area contributed by atoms with Crippen LogP contribution in [0.1, 0.15) is 32.8 Å². The SMILES string of the molecule is CC1CC(=O)NN=C1c1ccc(NCC(C)(C)NCC(O)COc2cc(F)ccc2[N+](=O)[O-])cc1. The molecule has 0 spiro atoms. The van der Waals surface area contributed by atoms with Gasteiger partial charge in [0.2, 0.25) is 5.91 Å². The van der Waals surface area contributed by atoms with E-state index < -0.39 is 22.4 Å². The monoisotopic (exact) mass is 487 g/mol. The van der Waals surface area contributed by atoms with Crippen LogP contribution in [-0.2, 0) is 4.79 Å². The maximum Gasteiger partial charge on any atom is 0.311 e. The second-order valence-electron chi connectivity index (χ2n) is 9.17. The lowest BCUT2D eigenvalue weighted by molar-refractivity contribution is -0.386. The number of nitrogens with one attached hydrogen (secondary N) is 3. The van der Waals surface area contributed by atoms with Crippen molar-refractivity contribution in [2.24, 2.45) is 11.0 Å². The molecule has 0 fully saturated rings. The number of anilines is 1. The zero-order valence-electron chi connectivity index (χ0n) is 19.9. The number of halogens is 1. The number of ether oxygens (including phenoxy) is 1. The van der Waals surface area contributed by atoms with Crippen LogP contribution in [0, 0.1) is 21.8 Å². The van der Waals surface area contributed by atoms with Gasteiger partial charge in [-0.25, -0.2) is 9.82 Å². The highest BCUT2D eigenvalue weighted by molar-refractivity contribution is 6.05. The van der Waals surface area contributed by atoms with E-state index in [1.807, 2.05) is 45.0 Å². The lowest BCUT2D eigenvalue weighted by atomic mass is 9.94. The Morgan fingerprint density at radius 3 is 2.69 bits per heavy atom. The molecule has 1 aliphatic rings. The molecule has 188 valence electrons. The largest absolute Gasteiger partial charge is 0.484 e. The minimum atomic E-state index is -0.963. The molecule has 0 saturated heterocycles. The van der Waals surface area contributed by atoms with Crippen molar-refractivity contribution in [1.82, 2.24) is 10.7 Å². The van der Waals surface area contributed by atoms with Gasteiger partial charge < -0.3 is 20.5 Å². The molecule has 0 radical (unpaired) electrons. The highest BCUT2D eigenvalue weighted by Crippen LogP contribution is 2.27. The zero-order chi connectivity index (χ0) is 25.6. The summed E-state index contributed by atoms with van der Waals surface area (Å²) in [4.78, 5) is 21.8. The summed E-state index contributed by atoms with van der Waals surface area (Å²) in [5.74, 6) is -0.921. The number of aliphatic hydroxyl groups excluding tert-OH is 1. The first-order chi connectivity index (χ1) is 16.5. The lowest BCUT2D eigenvalue weighted by Crippen LogP contribution is -2.49. The Morgan fingerprint density at radius 1 is 1.31 bits per heavy atom. The molecule has 2 unspecified atom stereocenters. The van der Waals surface area contributed by atoms with Crippen molar-refractivity contribution < 1.29 is 24.0 Å². The molecule has 1 heterocycles. The first-order valence-electron chi connectivity index (χ1n) is 11.2. The molecular weight excluding hydrogens is 457 g/mol. The topological polar surface area (TPSA) is 138 Å². The summed E-state index contributed by atoms with van der Waals surface area (Å²) < 4.78 is 18.7. The molecular formula is C24H30FN5O5. The van der Waals surface area contributed by atoms with E-state index in [0.29, 0.717) is 13.0 Å². The highest BCUT2D eigenvalue weighted by atomic mass is 19.1. The minimum absolute atomic E-state index is 0.0492. The van der Waals surface area contributed by atoms with Crippen molar-refractivity contribution in [2.75, 3.05) is 25.0 Å². The molecule has 0 aliphatic carbocycles. The first-order valence-corrected chi connectivity index (χ1v) is 11.2. The molecule has 1 aliphatic heterocycles. The predicted molar refractivity (Wildman–Crippen MR) is 130 cm³/mol. The normalized spacial score (nSPS) is 16.8. The Labute approximate surface area is 202 Å². The van der Waals surface area contributed by atoms with Gasteiger partial charge in [0.1, 0.15) is 18.5 Å². The van der Waals surface area contributed by atoms with Crippen molar-refractivity contribution in [3.8, 4) is 5.75 Å². The molecule has 2 atom stereocenters. The van der Waals surface area contributed by atoms with E-state index >= 15 is 0 Å². The fourth-order valence-corrected chi connectivity index (χ4v) is 3.54. The number of carbonyl (C=O) groups excluding carboxylic acids is 1. The molecule has 0 aromatic heterocycles. The summed E-state index contributed by atoms with van der Waals surface area (Å²) in [7, 11) is 0. The van der Waals surface area contributed by atoms with Gasteiger partial charge in [0.05, 0.1) is 10.6 Å². The number of hydrazone groups is 1. The first kappa shape index (κ1) is 26.0. The van der Waals surface area contributed by atoms with Gasteiger partial charge in [0.15, 0.2) is 5.75 Å². The van der Waals surface area contributed by atoms with E-state index in [2.05, 4.69) is 21.2 Å². The number of hydrogen-bond acceptors (Lipinski definition) is 8. The summed E-state index contributed by atoms with van der Waals surface area (Å²) in [5, 5.41) is 32.0. The van der Waals surface area contributed by atoms with Crippen LogP contribution in [0.5, 0.6) is 5.75 Å². The van der Waals surface area contributed by atoms with E-state index in [4.69, 9.17) is 4.74 Å². The molecule has 0 saturated carbocycles. The standard InChI is InChI=1S/C24H30FN5O5/c1-15-10-22(32)28-29-23(15)16-4-7-18(8-5-16)26-14-24(2,3)27-12-19(31)13-35-21-11-17(25)6-9-20(21)30(33)34/h4-9,11,15,19,26-27,31H,10,12-14H2,1-3H3,(H,28,32). The van der Waals surface area contributed by atoms with Crippen LogP contribution in [0.15, 0.2) is 47.6 Å². The van der Waals surface area contributed by atoms with Gasteiger partial charge in [-0.05, 0) is 37.6 Å². The zero-order valence-corrected chi connectivity index (χ0v) is 19.9. The van der Waals surface area contributed by atoms with Crippen LogP contribution < -0.4 is 20.8 Å². The van der Waals surface area contributed by atoms with Crippen molar-refractivity contribution in [3.63, 3.8) is 0 Å². The van der Waals surface area contributed by atoms with E-state index in [9.17, 15) is 24.4 Å². The molecule has 4 N–H and O–H groups in total. The molecule has 0 bridgehead atoms. The molecule has 3 rings (SSSR count). The molecule has 11 heteroatoms. The number of aliphatic hydroxyl groups is 1. The third-order valence-corrected chi connectivity index (χ3v) is 5.54. The summed E-state index contributed by atoms with van der Waals surface area (Å²) in [5.41, 5.74) is 4.44. The third-order valence-electron chi connectivity index (χ3n) is 5.54. The van der Waals surface area contributed by atoms with E-state index in [-0.39, 0.29) is 36.4 Å². The molecule has 2 aromatic rings. The minimum Gasteiger partial charge on any atom is -0.484 e. The highest BCUT2D eigenvalue weighted by Gasteiger charge is 2.23. The molecule has 10 nitrogen and oxygen atoms in total. The van der Waals surface area contributed by atoms with Crippen LogP contribution in [0.3, 0.4) is 0 Å². The predicted octanol–water partition coefficient (Wildman–Crippen LogP) is 2.81. The van der Waals surface area contributed by atoms with Gasteiger partial charge in [0, 0.05) is 48.8 Å². The van der Waals surface area contributed by atoms with Crippen LogP contribution in [-0.4, -0.2) is 53.0 Å². The average Bonchev–Trinajstić information content (AvgIpc) is 2.80. The Morgan fingerprint density at radius 2 is 2.03 bits per heavy atom. The Kier molecular flexibility index (Phi) is 8.36. The van der Waals surface area contributed by atoms with Crippen LogP contribution in [0.4, 0.5) is 15.8 Å². The Balaban J connectivity index is 1.46. The quantitative estimate of drug-likeness (QED) is 0.282. The summed E-state index contributed by atoms with van der Waals surface area (Å²) in [6.45, 7) is 6.37. The number of nitro benzene ring substituents is 1. The van der Waals surface area contributed by atoms with Gasteiger partial charge >= 0.3 is 5.69 Å². The molecule has 1 amide bonds. The van der Waals surface area contributed by atoms with Crippen LogP contribution >= 0.6 is 0 Å². The fraction of sp³-hybridized carbons (Fsp3) is 0.417. The van der Waals surface area contributed by atoms with Gasteiger partial charge in [-0.15, -0.1) is 0 Å². The smallest absolute Gasteiger partial charge is 0.311 e. The van der Waals surface area contributed by atoms with Crippen LogP contribution in [0.2, 0.25) is 0 Å². The van der Waals surface area contributed by atoms with Crippen LogP contribution in [0.25, 0.3) is 0 Å². The summed E-state index contributed by atoms with van der Waals surface area (Å²) in [6.07, 6.45) is -0.551. The van der Waals surface area contributed by atoms with E-state index in [0.717, 1.165) is 35.2 Å². The fourth-order valence-electron chi connectivity index (χ4n) is 3.54. The second kappa shape index (κ2) is 11.2. The lowest BCUT2D eigenvalue weighted by Gasteiger charge is -2.28. The van der Waals surface area contributed by atoms with Crippen molar-refractivity contribution in [2.45, 2.75) is 38.8 Å².